The summed E-state index contributed by atoms with van der Waals surface area (Å²) in [6.07, 6.45) is 5.12. The lowest BCUT2D eigenvalue weighted by Gasteiger charge is -2.31. The van der Waals surface area contributed by atoms with Gasteiger partial charge < -0.3 is 15.5 Å². The minimum atomic E-state index is -0.929. The maximum atomic E-state index is 12.9. The molecule has 1 aromatic rings. The molecule has 2 heterocycles. The monoisotopic (exact) mass is 315 g/mol. The Kier molecular flexibility index (Phi) is 5.02. The predicted octanol–water partition coefficient (Wildman–Crippen LogP) is 2.19. The van der Waals surface area contributed by atoms with E-state index in [2.05, 4.69) is 4.90 Å². The van der Waals surface area contributed by atoms with E-state index < -0.39 is 5.54 Å². The summed E-state index contributed by atoms with van der Waals surface area (Å²) in [5.74, 6) is 0.661. The van der Waals surface area contributed by atoms with Crippen LogP contribution in [0.4, 0.5) is 0 Å². The molecule has 0 spiro atoms. The van der Waals surface area contributed by atoms with E-state index in [-0.39, 0.29) is 5.91 Å². The number of benzene rings is 1. The summed E-state index contributed by atoms with van der Waals surface area (Å²) in [5, 5.41) is 0. The van der Waals surface area contributed by atoms with Crippen LogP contribution in [0.15, 0.2) is 30.3 Å². The van der Waals surface area contributed by atoms with Gasteiger partial charge in [0.25, 0.3) is 0 Å². The molecule has 2 unspecified atom stereocenters. The molecule has 4 heteroatoms. The highest BCUT2D eigenvalue weighted by atomic mass is 16.2. The Morgan fingerprint density at radius 1 is 1.17 bits per heavy atom. The molecule has 2 atom stereocenters. The number of piperidine rings is 1. The second kappa shape index (κ2) is 7.02. The smallest absolute Gasteiger partial charge is 0.246 e. The van der Waals surface area contributed by atoms with Gasteiger partial charge in [-0.3, -0.25) is 4.79 Å². The third-order valence-electron chi connectivity index (χ3n) is 5.36. The fraction of sp³-hybridized carbons (Fsp3) is 0.632. The molecule has 3 rings (SSSR count). The second-order valence-corrected chi connectivity index (χ2v) is 7.34. The van der Waals surface area contributed by atoms with Gasteiger partial charge in [-0.05, 0) is 50.8 Å². The van der Waals surface area contributed by atoms with Gasteiger partial charge in [-0.15, -0.1) is 0 Å². The molecular formula is C19H29N3O. The summed E-state index contributed by atoms with van der Waals surface area (Å²) >= 11 is 0. The van der Waals surface area contributed by atoms with Crippen LogP contribution in [0.25, 0.3) is 0 Å². The van der Waals surface area contributed by atoms with E-state index in [0.29, 0.717) is 5.92 Å². The normalized spacial score (nSPS) is 25.3. The van der Waals surface area contributed by atoms with Crippen LogP contribution in [0.1, 0.15) is 38.2 Å². The van der Waals surface area contributed by atoms with Crippen molar-refractivity contribution in [2.75, 3.05) is 32.7 Å². The van der Waals surface area contributed by atoms with Gasteiger partial charge in [-0.2, -0.15) is 0 Å². The molecule has 0 aromatic heterocycles. The quantitative estimate of drug-likeness (QED) is 0.926. The van der Waals surface area contributed by atoms with Crippen molar-refractivity contribution in [1.82, 2.24) is 9.80 Å². The molecule has 0 aliphatic carbocycles. The maximum absolute atomic E-state index is 12.9. The summed E-state index contributed by atoms with van der Waals surface area (Å²) in [6, 6.07) is 9.72. The molecule has 0 radical (unpaired) electrons. The van der Waals surface area contributed by atoms with Crippen LogP contribution in [0.5, 0.6) is 0 Å². The number of carbonyl (C=O) groups is 1. The van der Waals surface area contributed by atoms with Crippen LogP contribution in [0.2, 0.25) is 0 Å². The molecule has 2 fully saturated rings. The molecule has 2 N–H and O–H groups in total. The zero-order valence-electron chi connectivity index (χ0n) is 14.2. The minimum Gasteiger partial charge on any atom is -0.340 e. The zero-order chi connectivity index (χ0) is 16.3. The maximum Gasteiger partial charge on any atom is 0.246 e. The fourth-order valence-electron chi connectivity index (χ4n) is 3.91. The van der Waals surface area contributed by atoms with Gasteiger partial charge in [-0.25, -0.2) is 0 Å². The first-order chi connectivity index (χ1) is 11.1. The van der Waals surface area contributed by atoms with Crippen molar-refractivity contribution >= 4 is 5.91 Å². The zero-order valence-corrected chi connectivity index (χ0v) is 14.2. The first kappa shape index (κ1) is 16.5. The molecule has 23 heavy (non-hydrogen) atoms. The van der Waals surface area contributed by atoms with Crippen molar-refractivity contribution in [3.05, 3.63) is 35.9 Å². The Bertz CT molecular complexity index is 523. The molecule has 2 aliphatic rings. The molecule has 1 aromatic carbocycles. The van der Waals surface area contributed by atoms with Gasteiger partial charge in [0, 0.05) is 19.6 Å². The second-order valence-electron chi connectivity index (χ2n) is 7.34. The van der Waals surface area contributed by atoms with Crippen molar-refractivity contribution in [2.45, 2.75) is 38.1 Å². The van der Waals surface area contributed by atoms with Gasteiger partial charge in [-0.1, -0.05) is 36.8 Å². The lowest BCUT2D eigenvalue weighted by molar-refractivity contribution is -0.135. The average molecular weight is 315 g/mol. The summed E-state index contributed by atoms with van der Waals surface area (Å²) in [7, 11) is 0. The number of nitrogens with zero attached hydrogens (tertiary/aromatic N) is 2. The Balaban J connectivity index is 1.58. The van der Waals surface area contributed by atoms with Crippen LogP contribution in [-0.4, -0.2) is 48.4 Å². The number of hydrogen-bond donors (Lipinski definition) is 1. The predicted molar refractivity (Wildman–Crippen MR) is 93.0 cm³/mol. The minimum absolute atomic E-state index is 0.0600. The van der Waals surface area contributed by atoms with Gasteiger partial charge in [0.15, 0.2) is 0 Å². The van der Waals surface area contributed by atoms with Gasteiger partial charge >= 0.3 is 0 Å². The summed E-state index contributed by atoms with van der Waals surface area (Å²) in [6.45, 7) is 7.12. The lowest BCUT2D eigenvalue weighted by Crippen LogP contribution is -2.50. The van der Waals surface area contributed by atoms with Gasteiger partial charge in [0.2, 0.25) is 5.91 Å². The third-order valence-corrected chi connectivity index (χ3v) is 5.36. The van der Waals surface area contributed by atoms with E-state index in [9.17, 15) is 4.79 Å². The first-order valence-corrected chi connectivity index (χ1v) is 8.93. The first-order valence-electron chi connectivity index (χ1n) is 8.93. The van der Waals surface area contributed by atoms with Crippen molar-refractivity contribution < 1.29 is 4.79 Å². The van der Waals surface area contributed by atoms with E-state index >= 15 is 0 Å². The highest BCUT2D eigenvalue weighted by Gasteiger charge is 2.37. The number of carbonyl (C=O) groups excluding carboxylic acids is 1. The molecule has 2 aliphatic heterocycles. The SMILES string of the molecule is CC(N)(C(=O)N1CCC(CN2CCCCC2)C1)c1ccccc1. The van der Waals surface area contributed by atoms with Gasteiger partial charge in [0.1, 0.15) is 5.54 Å². The highest BCUT2D eigenvalue weighted by molar-refractivity contribution is 5.87. The van der Waals surface area contributed by atoms with Crippen molar-refractivity contribution in [3.8, 4) is 0 Å². The molecule has 1 amide bonds. The van der Waals surface area contributed by atoms with Crippen LogP contribution in [0, 0.1) is 5.92 Å². The molecule has 0 bridgehead atoms. The van der Waals surface area contributed by atoms with Crippen LogP contribution in [0.3, 0.4) is 0 Å². The Morgan fingerprint density at radius 3 is 2.57 bits per heavy atom. The van der Waals surface area contributed by atoms with Gasteiger partial charge in [0.05, 0.1) is 0 Å². The molecule has 4 nitrogen and oxygen atoms in total. The number of likely N-dealkylation sites (tertiary alicyclic amines) is 2. The Labute approximate surface area is 139 Å². The van der Waals surface area contributed by atoms with Crippen LogP contribution in [-0.2, 0) is 10.3 Å². The fourth-order valence-corrected chi connectivity index (χ4v) is 3.91. The largest absolute Gasteiger partial charge is 0.340 e. The number of hydrogen-bond acceptors (Lipinski definition) is 3. The number of rotatable bonds is 4. The molecule has 126 valence electrons. The number of nitrogens with two attached hydrogens (primary N) is 1. The van der Waals surface area contributed by atoms with E-state index in [1.165, 1.54) is 32.4 Å². The number of amides is 1. The molecular weight excluding hydrogens is 286 g/mol. The van der Waals surface area contributed by atoms with E-state index in [0.717, 1.165) is 31.6 Å². The van der Waals surface area contributed by atoms with Crippen molar-refractivity contribution in [3.63, 3.8) is 0 Å². The summed E-state index contributed by atoms with van der Waals surface area (Å²) in [5.41, 5.74) is 6.35. The van der Waals surface area contributed by atoms with Crippen LogP contribution < -0.4 is 5.73 Å². The van der Waals surface area contributed by atoms with Crippen molar-refractivity contribution in [1.29, 1.82) is 0 Å². The summed E-state index contributed by atoms with van der Waals surface area (Å²) in [4.78, 5) is 17.4. The standard InChI is InChI=1S/C19H29N3O/c1-19(20,17-8-4-2-5-9-17)18(23)22-13-10-16(15-22)14-21-11-6-3-7-12-21/h2,4-5,8-9,16H,3,6-7,10-15,20H2,1H3. The van der Waals surface area contributed by atoms with Crippen LogP contribution >= 0.6 is 0 Å². The van der Waals surface area contributed by atoms with E-state index in [1.807, 2.05) is 42.2 Å². The average Bonchev–Trinajstić information content (AvgIpc) is 3.04. The highest BCUT2D eigenvalue weighted by Crippen LogP contribution is 2.26. The topological polar surface area (TPSA) is 49.6 Å². The van der Waals surface area contributed by atoms with E-state index in [4.69, 9.17) is 5.73 Å². The Morgan fingerprint density at radius 2 is 1.87 bits per heavy atom. The van der Waals surface area contributed by atoms with E-state index in [1.54, 1.807) is 0 Å². The molecule has 2 saturated heterocycles. The lowest BCUT2D eigenvalue weighted by atomic mass is 9.92. The Hall–Kier alpha value is -1.39. The summed E-state index contributed by atoms with van der Waals surface area (Å²) < 4.78 is 0. The third kappa shape index (κ3) is 3.75. The van der Waals surface area contributed by atoms with Crippen molar-refractivity contribution in [2.24, 2.45) is 11.7 Å². The molecule has 0 saturated carbocycles.